The number of hydrogen-bond acceptors (Lipinski definition) is 1. The predicted molar refractivity (Wildman–Crippen MR) is 102 cm³/mol. The highest BCUT2D eigenvalue weighted by atomic mass is 16.3. The van der Waals surface area contributed by atoms with Crippen molar-refractivity contribution in [1.82, 2.24) is 0 Å². The van der Waals surface area contributed by atoms with Crippen LogP contribution < -0.4 is 0 Å². The quantitative estimate of drug-likeness (QED) is 0.365. The maximum absolute atomic E-state index is 6.48. The van der Waals surface area contributed by atoms with Gasteiger partial charge >= 0.3 is 0 Å². The number of fused-ring (bicyclic) bond motifs is 5. The molecule has 0 unspecified atom stereocenters. The fourth-order valence-electron chi connectivity index (χ4n) is 4.53. The average Bonchev–Trinajstić information content (AvgIpc) is 3.03. The maximum Gasteiger partial charge on any atom is 0.139 e. The smallest absolute Gasteiger partial charge is 0.139 e. The van der Waals surface area contributed by atoms with Gasteiger partial charge in [0.15, 0.2) is 0 Å². The Labute approximate surface area is 142 Å². The molecule has 0 amide bonds. The number of rotatable bonds is 1. The molecule has 1 fully saturated rings. The van der Waals surface area contributed by atoms with E-state index in [2.05, 4.69) is 55.5 Å². The Kier molecular flexibility index (Phi) is 3.16. The molecule has 5 rings (SSSR count). The van der Waals surface area contributed by atoms with E-state index in [1.54, 1.807) is 0 Å². The van der Waals surface area contributed by atoms with E-state index in [1.165, 1.54) is 64.8 Å². The first-order valence-corrected chi connectivity index (χ1v) is 9.16. The molecule has 0 atom stereocenters. The monoisotopic (exact) mass is 314 g/mol. The average molecular weight is 314 g/mol. The molecule has 0 saturated heterocycles. The van der Waals surface area contributed by atoms with Gasteiger partial charge in [-0.2, -0.15) is 0 Å². The molecule has 24 heavy (non-hydrogen) atoms. The fourth-order valence-corrected chi connectivity index (χ4v) is 4.53. The van der Waals surface area contributed by atoms with Gasteiger partial charge in [0, 0.05) is 10.8 Å². The largest absolute Gasteiger partial charge is 0.455 e. The standard InChI is InChI=1S/C23H22O/c1-15-8-7-13-19-21-18-12-6-5-11-17(18)14-20(23(21)24-22(15)19)16-9-3-2-4-10-16/h5-8,11-14,16H,2-4,9-10H2,1H3. The highest BCUT2D eigenvalue weighted by molar-refractivity contribution is 6.20. The first-order chi connectivity index (χ1) is 11.8. The Morgan fingerprint density at radius 3 is 2.50 bits per heavy atom. The Balaban J connectivity index is 1.94. The fraction of sp³-hybridized carbons (Fsp3) is 0.304. The summed E-state index contributed by atoms with van der Waals surface area (Å²) >= 11 is 0. The van der Waals surface area contributed by atoms with Crippen LogP contribution in [0.3, 0.4) is 0 Å². The Morgan fingerprint density at radius 2 is 1.62 bits per heavy atom. The Morgan fingerprint density at radius 1 is 0.833 bits per heavy atom. The highest BCUT2D eigenvalue weighted by Crippen LogP contribution is 2.43. The Bertz CT molecular complexity index is 1050. The second-order valence-electron chi connectivity index (χ2n) is 7.28. The van der Waals surface area contributed by atoms with Crippen LogP contribution in [-0.4, -0.2) is 0 Å². The topological polar surface area (TPSA) is 13.1 Å². The summed E-state index contributed by atoms with van der Waals surface area (Å²) in [5.74, 6) is 0.645. The van der Waals surface area contributed by atoms with Crippen molar-refractivity contribution in [2.75, 3.05) is 0 Å². The van der Waals surface area contributed by atoms with Crippen molar-refractivity contribution in [3.8, 4) is 0 Å². The highest BCUT2D eigenvalue weighted by Gasteiger charge is 2.22. The minimum atomic E-state index is 0.645. The van der Waals surface area contributed by atoms with E-state index >= 15 is 0 Å². The van der Waals surface area contributed by atoms with Crippen LogP contribution in [0.5, 0.6) is 0 Å². The number of para-hydroxylation sites is 1. The normalized spacial score (nSPS) is 16.4. The summed E-state index contributed by atoms with van der Waals surface area (Å²) in [6.07, 6.45) is 6.66. The van der Waals surface area contributed by atoms with Crippen LogP contribution in [0, 0.1) is 6.92 Å². The zero-order valence-electron chi connectivity index (χ0n) is 14.1. The minimum absolute atomic E-state index is 0.645. The molecule has 1 saturated carbocycles. The third-order valence-corrected chi connectivity index (χ3v) is 5.76. The van der Waals surface area contributed by atoms with Crippen LogP contribution in [0.15, 0.2) is 52.9 Å². The van der Waals surface area contributed by atoms with Crippen molar-refractivity contribution in [1.29, 1.82) is 0 Å². The van der Waals surface area contributed by atoms with E-state index < -0.39 is 0 Å². The molecule has 120 valence electrons. The molecule has 1 aliphatic rings. The summed E-state index contributed by atoms with van der Waals surface area (Å²) in [4.78, 5) is 0. The summed E-state index contributed by atoms with van der Waals surface area (Å²) in [6.45, 7) is 2.15. The zero-order valence-corrected chi connectivity index (χ0v) is 14.1. The molecule has 0 N–H and O–H groups in total. The van der Waals surface area contributed by atoms with Gasteiger partial charge in [-0.05, 0) is 53.6 Å². The molecule has 3 aromatic carbocycles. The van der Waals surface area contributed by atoms with Crippen molar-refractivity contribution < 1.29 is 4.42 Å². The van der Waals surface area contributed by atoms with E-state index in [9.17, 15) is 0 Å². The van der Waals surface area contributed by atoms with Gasteiger partial charge in [0.2, 0.25) is 0 Å². The van der Waals surface area contributed by atoms with Crippen molar-refractivity contribution in [2.24, 2.45) is 0 Å². The minimum Gasteiger partial charge on any atom is -0.455 e. The molecule has 0 radical (unpaired) electrons. The predicted octanol–water partition coefficient (Wildman–Crippen LogP) is 7.10. The summed E-state index contributed by atoms with van der Waals surface area (Å²) < 4.78 is 6.48. The van der Waals surface area contributed by atoms with Gasteiger partial charge in [0.05, 0.1) is 0 Å². The Hall–Kier alpha value is -2.28. The van der Waals surface area contributed by atoms with E-state index in [1.807, 2.05) is 0 Å². The van der Waals surface area contributed by atoms with Gasteiger partial charge in [-0.15, -0.1) is 0 Å². The van der Waals surface area contributed by atoms with Gasteiger partial charge in [-0.3, -0.25) is 0 Å². The van der Waals surface area contributed by atoms with Crippen LogP contribution in [-0.2, 0) is 0 Å². The van der Waals surface area contributed by atoms with Gasteiger partial charge < -0.3 is 4.42 Å². The van der Waals surface area contributed by atoms with E-state index in [0.717, 1.165) is 11.2 Å². The van der Waals surface area contributed by atoms with Gasteiger partial charge in [0.25, 0.3) is 0 Å². The number of benzene rings is 3. The molecule has 4 aromatic rings. The number of aryl methyl sites for hydroxylation is 1. The second kappa shape index (κ2) is 5.37. The lowest BCUT2D eigenvalue weighted by atomic mass is 9.82. The lowest BCUT2D eigenvalue weighted by Crippen LogP contribution is -2.04. The van der Waals surface area contributed by atoms with Crippen LogP contribution in [0.25, 0.3) is 32.7 Å². The maximum atomic E-state index is 6.48. The van der Waals surface area contributed by atoms with Crippen molar-refractivity contribution >= 4 is 32.7 Å². The third kappa shape index (κ3) is 2.00. The second-order valence-corrected chi connectivity index (χ2v) is 7.28. The van der Waals surface area contributed by atoms with Gasteiger partial charge in [-0.25, -0.2) is 0 Å². The summed E-state index contributed by atoms with van der Waals surface area (Å²) in [6, 6.07) is 17.7. The van der Waals surface area contributed by atoms with E-state index in [4.69, 9.17) is 4.42 Å². The van der Waals surface area contributed by atoms with Crippen LogP contribution in [0.1, 0.15) is 49.1 Å². The molecule has 1 heteroatoms. The molecule has 1 aromatic heterocycles. The lowest BCUT2D eigenvalue weighted by Gasteiger charge is -2.22. The first-order valence-electron chi connectivity index (χ1n) is 9.16. The third-order valence-electron chi connectivity index (χ3n) is 5.76. The molecule has 1 nitrogen and oxygen atoms in total. The molecule has 0 bridgehead atoms. The van der Waals surface area contributed by atoms with Crippen LogP contribution in [0.4, 0.5) is 0 Å². The first kappa shape index (κ1) is 14.1. The lowest BCUT2D eigenvalue weighted by molar-refractivity contribution is 0.442. The zero-order chi connectivity index (χ0) is 16.1. The van der Waals surface area contributed by atoms with Crippen molar-refractivity contribution in [2.45, 2.75) is 44.9 Å². The van der Waals surface area contributed by atoms with Crippen LogP contribution >= 0.6 is 0 Å². The van der Waals surface area contributed by atoms with Crippen LogP contribution in [0.2, 0.25) is 0 Å². The molecular weight excluding hydrogens is 292 g/mol. The molecule has 1 aliphatic carbocycles. The summed E-state index contributed by atoms with van der Waals surface area (Å²) in [5.41, 5.74) is 4.84. The van der Waals surface area contributed by atoms with E-state index in [0.29, 0.717) is 5.92 Å². The molecule has 0 spiro atoms. The molecule has 1 heterocycles. The van der Waals surface area contributed by atoms with Gasteiger partial charge in [0.1, 0.15) is 11.2 Å². The number of hydrogen-bond donors (Lipinski definition) is 0. The number of furan rings is 1. The molecular formula is C23H22O. The van der Waals surface area contributed by atoms with Crippen molar-refractivity contribution in [3.63, 3.8) is 0 Å². The van der Waals surface area contributed by atoms with Crippen molar-refractivity contribution in [3.05, 3.63) is 59.7 Å². The summed E-state index contributed by atoms with van der Waals surface area (Å²) in [7, 11) is 0. The SMILES string of the molecule is Cc1cccc2c1oc1c(C3CCCCC3)cc3ccccc3c12. The van der Waals surface area contributed by atoms with Gasteiger partial charge in [-0.1, -0.05) is 61.7 Å². The summed E-state index contributed by atoms with van der Waals surface area (Å²) in [5, 5.41) is 5.23. The molecule has 0 aliphatic heterocycles. The van der Waals surface area contributed by atoms with E-state index in [-0.39, 0.29) is 0 Å².